The maximum absolute atomic E-state index is 5.18. The summed E-state index contributed by atoms with van der Waals surface area (Å²) in [5, 5.41) is 0. The molecule has 0 aliphatic carbocycles. The van der Waals surface area contributed by atoms with E-state index in [1.165, 1.54) is 0 Å². The molecular weight excluding hydrogens is 192 g/mol. The van der Waals surface area contributed by atoms with Crippen molar-refractivity contribution in [1.29, 1.82) is 0 Å². The molecule has 1 aromatic rings. The maximum atomic E-state index is 5.18. The van der Waals surface area contributed by atoms with Gasteiger partial charge in [0, 0.05) is 0 Å². The molecule has 0 unspecified atom stereocenters. The Morgan fingerprint density at radius 2 is 1.73 bits per heavy atom. The van der Waals surface area contributed by atoms with Gasteiger partial charge in [0.25, 0.3) is 0 Å². The predicted octanol–water partition coefficient (Wildman–Crippen LogP) is 1.94. The molecule has 4 heteroatoms. The molecule has 0 radical (unpaired) electrons. The van der Waals surface area contributed by atoms with Crippen molar-refractivity contribution in [1.82, 2.24) is 11.2 Å². The molecule has 4 nitrogen and oxygen atoms in total. The second kappa shape index (κ2) is 5.82. The van der Waals surface area contributed by atoms with Gasteiger partial charge in [-0.3, -0.25) is 9.68 Å². The Balaban J connectivity index is 2.08. The summed E-state index contributed by atoms with van der Waals surface area (Å²) in [6.45, 7) is 6.32. The van der Waals surface area contributed by atoms with Crippen molar-refractivity contribution in [3.05, 3.63) is 35.9 Å². The monoisotopic (exact) mass is 210 g/mol. The van der Waals surface area contributed by atoms with Gasteiger partial charge in [-0.1, -0.05) is 30.3 Å². The molecule has 0 spiro atoms. The first kappa shape index (κ1) is 12.1. The van der Waals surface area contributed by atoms with Crippen LogP contribution in [-0.2, 0) is 16.3 Å². The number of rotatable bonds is 5. The van der Waals surface area contributed by atoms with Crippen molar-refractivity contribution in [2.45, 2.75) is 33.0 Å². The van der Waals surface area contributed by atoms with E-state index in [0.717, 1.165) is 5.56 Å². The fourth-order valence-electron chi connectivity index (χ4n) is 0.897. The lowest BCUT2D eigenvalue weighted by molar-refractivity contribution is -0.166. The van der Waals surface area contributed by atoms with E-state index in [0.29, 0.717) is 6.61 Å². The molecule has 1 rings (SSSR count). The summed E-state index contributed by atoms with van der Waals surface area (Å²) >= 11 is 0. The van der Waals surface area contributed by atoms with Crippen LogP contribution in [0.2, 0.25) is 0 Å². The number of nitrogens with one attached hydrogen (secondary N) is 2. The van der Waals surface area contributed by atoms with Gasteiger partial charge in [-0.25, -0.2) is 0 Å². The first-order chi connectivity index (χ1) is 7.08. The lowest BCUT2D eigenvalue weighted by atomic mass is 10.2. The molecule has 0 aliphatic rings. The quantitative estimate of drug-likeness (QED) is 0.576. The van der Waals surface area contributed by atoms with E-state index in [2.05, 4.69) is 11.2 Å². The van der Waals surface area contributed by atoms with E-state index in [-0.39, 0.29) is 5.60 Å². The summed E-state index contributed by atoms with van der Waals surface area (Å²) in [5.41, 5.74) is 5.89. The molecule has 0 fully saturated rings. The van der Waals surface area contributed by atoms with Crippen LogP contribution in [0, 0.1) is 0 Å². The second-order valence-electron chi connectivity index (χ2n) is 4.19. The van der Waals surface area contributed by atoms with E-state index >= 15 is 0 Å². The van der Waals surface area contributed by atoms with E-state index in [1.807, 2.05) is 51.1 Å². The Labute approximate surface area is 90.5 Å². The molecule has 0 amide bonds. The van der Waals surface area contributed by atoms with Crippen molar-refractivity contribution in [3.8, 4) is 0 Å². The fraction of sp³-hybridized carbons (Fsp3) is 0.455. The minimum absolute atomic E-state index is 0.247. The van der Waals surface area contributed by atoms with Crippen LogP contribution in [0.1, 0.15) is 26.3 Å². The maximum Gasteiger partial charge on any atom is 0.0950 e. The van der Waals surface area contributed by atoms with E-state index in [4.69, 9.17) is 9.68 Å². The molecule has 15 heavy (non-hydrogen) atoms. The Morgan fingerprint density at radius 1 is 1.07 bits per heavy atom. The van der Waals surface area contributed by atoms with Gasteiger partial charge in [0.1, 0.15) is 0 Å². The smallest absolute Gasteiger partial charge is 0.0950 e. The van der Waals surface area contributed by atoms with Crippen LogP contribution in [0.25, 0.3) is 0 Å². The van der Waals surface area contributed by atoms with Crippen molar-refractivity contribution in [2.24, 2.45) is 0 Å². The summed E-state index contributed by atoms with van der Waals surface area (Å²) in [6.07, 6.45) is 0. The molecule has 1 aromatic carbocycles. The number of benzene rings is 1. The Kier molecular flexibility index (Phi) is 4.71. The van der Waals surface area contributed by atoms with Crippen LogP contribution in [0.15, 0.2) is 30.3 Å². The van der Waals surface area contributed by atoms with Crippen LogP contribution in [0.3, 0.4) is 0 Å². The highest BCUT2D eigenvalue weighted by atomic mass is 16.8. The largest absolute Gasteiger partial charge is 0.280 e. The zero-order valence-corrected chi connectivity index (χ0v) is 9.41. The van der Waals surface area contributed by atoms with Gasteiger partial charge >= 0.3 is 0 Å². The second-order valence-corrected chi connectivity index (χ2v) is 4.19. The molecule has 0 aliphatic heterocycles. The molecule has 0 bridgehead atoms. The first-order valence-corrected chi connectivity index (χ1v) is 4.92. The van der Waals surface area contributed by atoms with Gasteiger partial charge in [-0.2, -0.15) is 0 Å². The molecule has 0 saturated carbocycles. The first-order valence-electron chi connectivity index (χ1n) is 4.92. The third-order valence-corrected chi connectivity index (χ3v) is 1.55. The SMILES string of the molecule is CC(C)(C)ONNOCc1ccccc1. The highest BCUT2D eigenvalue weighted by Gasteiger charge is 2.09. The normalized spacial score (nSPS) is 11.7. The highest BCUT2D eigenvalue weighted by Crippen LogP contribution is 2.02. The van der Waals surface area contributed by atoms with Crippen molar-refractivity contribution < 1.29 is 9.68 Å². The zero-order chi connectivity index (χ0) is 11.1. The third-order valence-electron chi connectivity index (χ3n) is 1.55. The summed E-state index contributed by atoms with van der Waals surface area (Å²) in [7, 11) is 0. The molecule has 2 N–H and O–H groups in total. The average molecular weight is 210 g/mol. The topological polar surface area (TPSA) is 42.5 Å². The number of hydrogen-bond donors (Lipinski definition) is 2. The molecular formula is C11H18N2O2. The summed E-state index contributed by atoms with van der Waals surface area (Å²) in [5.74, 6) is 0. The van der Waals surface area contributed by atoms with Crippen LogP contribution in [0.4, 0.5) is 0 Å². The Bertz CT molecular complexity index is 270. The fourth-order valence-corrected chi connectivity index (χ4v) is 0.897. The number of hydrazine groups is 1. The Hall–Kier alpha value is -0.940. The van der Waals surface area contributed by atoms with Gasteiger partial charge in [0.15, 0.2) is 0 Å². The summed E-state index contributed by atoms with van der Waals surface area (Å²) in [4.78, 5) is 10.3. The predicted molar refractivity (Wildman–Crippen MR) is 58.3 cm³/mol. The zero-order valence-electron chi connectivity index (χ0n) is 9.41. The van der Waals surface area contributed by atoms with E-state index in [1.54, 1.807) is 0 Å². The molecule has 0 saturated heterocycles. The molecule has 84 valence electrons. The van der Waals surface area contributed by atoms with Crippen LogP contribution in [-0.4, -0.2) is 5.60 Å². The highest BCUT2D eigenvalue weighted by molar-refractivity contribution is 5.13. The van der Waals surface area contributed by atoms with Gasteiger partial charge in [0.2, 0.25) is 0 Å². The lowest BCUT2D eigenvalue weighted by Gasteiger charge is -2.19. The summed E-state index contributed by atoms with van der Waals surface area (Å²) < 4.78 is 0. The van der Waals surface area contributed by atoms with Gasteiger partial charge in [-0.05, 0) is 26.3 Å². The van der Waals surface area contributed by atoms with Gasteiger partial charge in [-0.15, -0.1) is 11.2 Å². The van der Waals surface area contributed by atoms with Crippen molar-refractivity contribution in [2.75, 3.05) is 0 Å². The van der Waals surface area contributed by atoms with Crippen molar-refractivity contribution >= 4 is 0 Å². The van der Waals surface area contributed by atoms with E-state index in [9.17, 15) is 0 Å². The van der Waals surface area contributed by atoms with Crippen LogP contribution in [0.5, 0.6) is 0 Å². The van der Waals surface area contributed by atoms with Crippen LogP contribution < -0.4 is 11.2 Å². The molecule has 0 heterocycles. The number of hydrogen-bond acceptors (Lipinski definition) is 4. The minimum atomic E-state index is -0.247. The molecule has 0 aromatic heterocycles. The summed E-state index contributed by atoms with van der Waals surface area (Å²) in [6, 6.07) is 9.89. The lowest BCUT2D eigenvalue weighted by Crippen LogP contribution is -2.38. The van der Waals surface area contributed by atoms with Gasteiger partial charge < -0.3 is 0 Å². The van der Waals surface area contributed by atoms with Crippen molar-refractivity contribution in [3.63, 3.8) is 0 Å². The van der Waals surface area contributed by atoms with Gasteiger partial charge in [0.05, 0.1) is 12.2 Å². The van der Waals surface area contributed by atoms with E-state index < -0.39 is 0 Å². The minimum Gasteiger partial charge on any atom is -0.280 e. The average Bonchev–Trinajstić information content (AvgIpc) is 2.17. The Morgan fingerprint density at radius 3 is 2.33 bits per heavy atom. The third kappa shape index (κ3) is 6.19. The molecule has 0 atom stereocenters. The standard InChI is InChI=1S/C11H18N2O2/c1-11(2,3)15-13-12-14-9-10-7-5-4-6-8-10/h4-8,12-13H,9H2,1-3H3. The van der Waals surface area contributed by atoms with Crippen LogP contribution >= 0.6 is 0 Å².